The van der Waals surface area contributed by atoms with Crippen LogP contribution in [0.3, 0.4) is 0 Å². The van der Waals surface area contributed by atoms with Crippen molar-refractivity contribution in [3.8, 4) is 11.5 Å². The SMILES string of the molecule is O=C(NCCN1CCN(C(=O)c2ccsc2)CC1)c1ccccc1Oc1ccccc1. The fourth-order valence-electron chi connectivity index (χ4n) is 3.52. The number of carbonyl (C=O) groups is 2. The molecule has 1 fully saturated rings. The molecule has 1 saturated heterocycles. The number of carbonyl (C=O) groups excluding carboxylic acids is 2. The van der Waals surface area contributed by atoms with Crippen LogP contribution in [0.5, 0.6) is 11.5 Å². The summed E-state index contributed by atoms with van der Waals surface area (Å²) in [5.41, 5.74) is 1.28. The maximum Gasteiger partial charge on any atom is 0.255 e. The third kappa shape index (κ3) is 5.51. The Bertz CT molecular complexity index is 1000. The summed E-state index contributed by atoms with van der Waals surface area (Å²) >= 11 is 1.54. The molecule has 1 aliphatic rings. The summed E-state index contributed by atoms with van der Waals surface area (Å²) in [6.07, 6.45) is 0. The van der Waals surface area contributed by atoms with Gasteiger partial charge in [-0.25, -0.2) is 0 Å². The summed E-state index contributed by atoms with van der Waals surface area (Å²) in [6, 6.07) is 18.5. The first-order chi connectivity index (χ1) is 15.2. The number of para-hydroxylation sites is 2. The van der Waals surface area contributed by atoms with Crippen LogP contribution in [-0.4, -0.2) is 60.9 Å². The van der Waals surface area contributed by atoms with E-state index in [9.17, 15) is 9.59 Å². The Morgan fingerprint density at radius 1 is 0.935 bits per heavy atom. The van der Waals surface area contributed by atoms with E-state index in [1.165, 1.54) is 11.3 Å². The monoisotopic (exact) mass is 435 g/mol. The van der Waals surface area contributed by atoms with Crippen LogP contribution in [0.25, 0.3) is 0 Å². The van der Waals surface area contributed by atoms with Crippen molar-refractivity contribution in [1.29, 1.82) is 0 Å². The van der Waals surface area contributed by atoms with Crippen LogP contribution in [0.2, 0.25) is 0 Å². The number of nitrogens with one attached hydrogen (secondary N) is 1. The first kappa shape index (κ1) is 21.1. The molecule has 0 radical (unpaired) electrons. The molecular weight excluding hydrogens is 410 g/mol. The molecule has 0 spiro atoms. The van der Waals surface area contributed by atoms with Crippen molar-refractivity contribution in [2.75, 3.05) is 39.3 Å². The van der Waals surface area contributed by atoms with E-state index >= 15 is 0 Å². The van der Waals surface area contributed by atoms with Crippen molar-refractivity contribution < 1.29 is 14.3 Å². The van der Waals surface area contributed by atoms with E-state index in [4.69, 9.17) is 4.74 Å². The Morgan fingerprint density at radius 3 is 2.42 bits per heavy atom. The predicted octanol–water partition coefficient (Wildman–Crippen LogP) is 3.73. The van der Waals surface area contributed by atoms with Gasteiger partial charge in [-0.1, -0.05) is 30.3 Å². The summed E-state index contributed by atoms with van der Waals surface area (Å²) in [7, 11) is 0. The molecule has 4 rings (SSSR count). The highest BCUT2D eigenvalue weighted by Gasteiger charge is 2.22. The summed E-state index contributed by atoms with van der Waals surface area (Å²) in [6.45, 7) is 4.30. The number of thiophene rings is 1. The fraction of sp³-hybridized carbons (Fsp3) is 0.250. The minimum absolute atomic E-state index is 0.101. The highest BCUT2D eigenvalue weighted by Crippen LogP contribution is 2.24. The van der Waals surface area contributed by atoms with Crippen molar-refractivity contribution in [2.45, 2.75) is 0 Å². The molecule has 3 aromatic rings. The van der Waals surface area contributed by atoms with E-state index in [-0.39, 0.29) is 11.8 Å². The summed E-state index contributed by atoms with van der Waals surface area (Å²) in [4.78, 5) is 29.3. The molecule has 1 aliphatic heterocycles. The van der Waals surface area contributed by atoms with Crippen LogP contribution < -0.4 is 10.1 Å². The van der Waals surface area contributed by atoms with Gasteiger partial charge in [-0.2, -0.15) is 11.3 Å². The zero-order chi connectivity index (χ0) is 21.5. The molecule has 2 aromatic carbocycles. The van der Waals surface area contributed by atoms with Gasteiger partial charge in [0.15, 0.2) is 0 Å². The van der Waals surface area contributed by atoms with Crippen LogP contribution in [-0.2, 0) is 0 Å². The second-order valence-electron chi connectivity index (χ2n) is 7.31. The van der Waals surface area contributed by atoms with Crippen LogP contribution in [0.15, 0.2) is 71.4 Å². The molecule has 2 heterocycles. The number of nitrogens with zero attached hydrogens (tertiary/aromatic N) is 2. The maximum atomic E-state index is 12.7. The number of hydrogen-bond donors (Lipinski definition) is 1. The molecule has 0 aliphatic carbocycles. The highest BCUT2D eigenvalue weighted by atomic mass is 32.1. The number of rotatable bonds is 7. The van der Waals surface area contributed by atoms with E-state index in [0.717, 1.165) is 25.2 Å². The fourth-order valence-corrected chi connectivity index (χ4v) is 4.15. The van der Waals surface area contributed by atoms with Crippen LogP contribution in [0, 0.1) is 0 Å². The van der Waals surface area contributed by atoms with Gasteiger partial charge in [-0.15, -0.1) is 0 Å². The summed E-state index contributed by atoms with van der Waals surface area (Å²) in [5.74, 6) is 1.17. The summed E-state index contributed by atoms with van der Waals surface area (Å²) in [5, 5.41) is 6.81. The summed E-state index contributed by atoms with van der Waals surface area (Å²) < 4.78 is 5.88. The van der Waals surface area contributed by atoms with E-state index < -0.39 is 0 Å². The zero-order valence-electron chi connectivity index (χ0n) is 17.2. The molecule has 1 N–H and O–H groups in total. The Balaban J connectivity index is 1.24. The van der Waals surface area contributed by atoms with Crippen molar-refractivity contribution in [3.63, 3.8) is 0 Å². The predicted molar refractivity (Wildman–Crippen MR) is 122 cm³/mol. The number of ether oxygens (including phenoxy) is 1. The lowest BCUT2D eigenvalue weighted by molar-refractivity contribution is 0.0638. The lowest BCUT2D eigenvalue weighted by Gasteiger charge is -2.34. The molecule has 7 heteroatoms. The number of benzene rings is 2. The Morgan fingerprint density at radius 2 is 1.68 bits per heavy atom. The standard InChI is InChI=1S/C24H25N3O3S/c28-23(21-8-4-5-9-22(21)30-20-6-2-1-3-7-20)25-11-12-26-13-15-27(16-14-26)24(29)19-10-17-31-18-19/h1-10,17-18H,11-16H2,(H,25,28). The molecule has 1 aromatic heterocycles. The van der Waals surface area contributed by atoms with Gasteiger partial charge in [0, 0.05) is 44.6 Å². The van der Waals surface area contributed by atoms with Crippen molar-refractivity contribution in [1.82, 2.24) is 15.1 Å². The number of piperazine rings is 1. The number of amides is 2. The van der Waals surface area contributed by atoms with E-state index in [1.54, 1.807) is 12.1 Å². The molecule has 0 saturated carbocycles. The molecule has 2 amide bonds. The van der Waals surface area contributed by atoms with Crippen LogP contribution >= 0.6 is 11.3 Å². The van der Waals surface area contributed by atoms with Gasteiger partial charge in [0.25, 0.3) is 11.8 Å². The molecule has 6 nitrogen and oxygen atoms in total. The van der Waals surface area contributed by atoms with Gasteiger partial charge in [0.05, 0.1) is 11.1 Å². The van der Waals surface area contributed by atoms with Crippen LogP contribution in [0.1, 0.15) is 20.7 Å². The number of hydrogen-bond acceptors (Lipinski definition) is 5. The molecular formula is C24H25N3O3S. The van der Waals surface area contributed by atoms with Gasteiger partial charge in [-0.3, -0.25) is 14.5 Å². The van der Waals surface area contributed by atoms with Crippen molar-refractivity contribution in [3.05, 3.63) is 82.6 Å². The lowest BCUT2D eigenvalue weighted by atomic mass is 10.2. The average molecular weight is 436 g/mol. The highest BCUT2D eigenvalue weighted by molar-refractivity contribution is 7.08. The normalized spacial score (nSPS) is 14.3. The van der Waals surface area contributed by atoms with E-state index in [0.29, 0.717) is 36.7 Å². The maximum absolute atomic E-state index is 12.7. The third-order valence-corrected chi connectivity index (χ3v) is 5.93. The smallest absolute Gasteiger partial charge is 0.255 e. The Kier molecular flexibility index (Phi) is 6.96. The first-order valence-electron chi connectivity index (χ1n) is 10.3. The molecule has 31 heavy (non-hydrogen) atoms. The second kappa shape index (κ2) is 10.2. The van der Waals surface area contributed by atoms with E-state index in [2.05, 4.69) is 10.2 Å². The zero-order valence-corrected chi connectivity index (χ0v) is 18.0. The lowest BCUT2D eigenvalue weighted by Crippen LogP contribution is -2.50. The Hall–Kier alpha value is -3.16. The van der Waals surface area contributed by atoms with Crippen molar-refractivity contribution in [2.24, 2.45) is 0 Å². The molecule has 0 bridgehead atoms. The van der Waals surface area contributed by atoms with Gasteiger partial charge < -0.3 is 15.0 Å². The third-order valence-electron chi connectivity index (χ3n) is 5.24. The quantitative estimate of drug-likeness (QED) is 0.614. The minimum atomic E-state index is -0.155. The molecule has 0 atom stereocenters. The average Bonchev–Trinajstić information content (AvgIpc) is 3.35. The first-order valence-corrected chi connectivity index (χ1v) is 11.3. The minimum Gasteiger partial charge on any atom is -0.457 e. The van der Waals surface area contributed by atoms with E-state index in [1.807, 2.05) is 64.2 Å². The molecule has 0 unspecified atom stereocenters. The topological polar surface area (TPSA) is 61.9 Å². The second-order valence-corrected chi connectivity index (χ2v) is 8.09. The van der Waals surface area contributed by atoms with Gasteiger partial charge >= 0.3 is 0 Å². The van der Waals surface area contributed by atoms with Gasteiger partial charge in [-0.05, 0) is 35.7 Å². The largest absolute Gasteiger partial charge is 0.457 e. The molecule has 160 valence electrons. The van der Waals surface area contributed by atoms with Crippen LogP contribution in [0.4, 0.5) is 0 Å². The van der Waals surface area contributed by atoms with Gasteiger partial charge in [0.1, 0.15) is 11.5 Å². The van der Waals surface area contributed by atoms with Gasteiger partial charge in [0.2, 0.25) is 0 Å². The van der Waals surface area contributed by atoms with Crippen molar-refractivity contribution >= 4 is 23.2 Å². The Labute approximate surface area is 186 Å².